The van der Waals surface area contributed by atoms with Gasteiger partial charge in [-0.3, -0.25) is 10.2 Å². The molecule has 0 spiro atoms. The number of ether oxygens (including phenoxy) is 1. The van der Waals surface area contributed by atoms with Crippen molar-refractivity contribution in [2.24, 2.45) is 11.8 Å². The largest absolute Gasteiger partial charge is 0.448 e. The molecule has 2 bridgehead atoms. The van der Waals surface area contributed by atoms with Gasteiger partial charge in [0.2, 0.25) is 0 Å². The second-order valence-electron chi connectivity index (χ2n) is 5.94. The topological polar surface area (TPSA) is 41.6 Å². The van der Waals surface area contributed by atoms with Gasteiger partial charge in [0.05, 0.1) is 0 Å². The van der Waals surface area contributed by atoms with Gasteiger partial charge in [-0.15, -0.1) is 12.3 Å². The molecule has 3 fully saturated rings. The lowest BCUT2D eigenvalue weighted by atomic mass is 9.76. The van der Waals surface area contributed by atoms with E-state index in [1.54, 1.807) is 0 Å². The minimum absolute atomic E-state index is 0.305. The first kappa shape index (κ1) is 15.4. The van der Waals surface area contributed by atoms with Crippen LogP contribution in [0.1, 0.15) is 12.8 Å². The van der Waals surface area contributed by atoms with Crippen molar-refractivity contribution in [2.75, 3.05) is 25.0 Å². The number of hydrogen-bond acceptors (Lipinski definition) is 3. The molecule has 116 valence electrons. The number of carbonyl (C=O) groups is 1. The van der Waals surface area contributed by atoms with E-state index in [0.717, 1.165) is 36.1 Å². The number of piperidine rings is 3. The van der Waals surface area contributed by atoms with Crippen LogP contribution in [0.25, 0.3) is 0 Å². The van der Waals surface area contributed by atoms with Gasteiger partial charge in [0.15, 0.2) is 0 Å². The molecule has 1 N–H and O–H groups in total. The number of nitrogens with zero attached hydrogens (tertiary/aromatic N) is 1. The van der Waals surface area contributed by atoms with E-state index in [9.17, 15) is 4.79 Å². The Morgan fingerprint density at radius 2 is 2.23 bits per heavy atom. The molecule has 4 nitrogen and oxygen atoms in total. The van der Waals surface area contributed by atoms with E-state index >= 15 is 0 Å². The predicted octanol–water partition coefficient (Wildman–Crippen LogP) is 3.34. The summed E-state index contributed by atoms with van der Waals surface area (Å²) in [4.78, 5) is 14.2. The molecule has 0 aliphatic carbocycles. The fourth-order valence-corrected chi connectivity index (χ4v) is 3.62. The zero-order valence-electron chi connectivity index (χ0n) is 12.3. The Morgan fingerprint density at radius 3 is 2.86 bits per heavy atom. The Balaban J connectivity index is 1.48. The third kappa shape index (κ3) is 3.45. The van der Waals surface area contributed by atoms with Crippen molar-refractivity contribution < 1.29 is 9.53 Å². The number of amides is 1. The highest BCUT2D eigenvalue weighted by molar-refractivity contribution is 9.10. The molecular formula is C17H19BrN2O2. The SMILES string of the molecule is C#C[C@H]1CN2CC[C@H]1C[C@@H]2COC(=O)Nc1ccc(Br)cc1. The molecule has 3 aliphatic rings. The van der Waals surface area contributed by atoms with E-state index in [4.69, 9.17) is 11.2 Å². The summed E-state index contributed by atoms with van der Waals surface area (Å²) in [6, 6.07) is 7.71. The molecule has 3 aliphatic heterocycles. The molecule has 3 heterocycles. The average molecular weight is 363 g/mol. The zero-order valence-corrected chi connectivity index (χ0v) is 13.9. The van der Waals surface area contributed by atoms with Crippen LogP contribution < -0.4 is 5.32 Å². The molecule has 4 rings (SSSR count). The standard InChI is InChI=1S/C17H19BrN2O2/c1-2-12-10-20-8-7-13(12)9-16(20)11-22-17(21)19-15-5-3-14(18)4-6-15/h1,3-6,12-13,16H,7-11H2,(H,19,21)/t12-,13-,16+/m0/s1. The number of nitrogens with one attached hydrogen (secondary N) is 1. The Hall–Kier alpha value is -1.51. The van der Waals surface area contributed by atoms with E-state index in [1.165, 1.54) is 0 Å². The van der Waals surface area contributed by atoms with Crippen LogP contribution >= 0.6 is 15.9 Å². The van der Waals surface area contributed by atoms with Crippen molar-refractivity contribution in [1.82, 2.24) is 4.90 Å². The maximum Gasteiger partial charge on any atom is 0.411 e. The Labute approximate surface area is 139 Å². The summed E-state index contributed by atoms with van der Waals surface area (Å²) >= 11 is 3.36. The molecule has 5 heteroatoms. The molecule has 4 atom stereocenters. The fraction of sp³-hybridized carbons (Fsp3) is 0.471. The van der Waals surface area contributed by atoms with Crippen LogP contribution in [0, 0.1) is 24.2 Å². The second kappa shape index (κ2) is 6.72. The maximum atomic E-state index is 11.9. The third-order valence-corrected chi connectivity index (χ3v) is 5.12. The highest BCUT2D eigenvalue weighted by Gasteiger charge is 2.39. The van der Waals surface area contributed by atoms with Crippen molar-refractivity contribution in [3.8, 4) is 12.3 Å². The lowest BCUT2D eigenvalue weighted by Crippen LogP contribution is -2.54. The Kier molecular flexibility index (Phi) is 4.70. The number of terminal acetylenes is 1. The average Bonchev–Trinajstić information content (AvgIpc) is 2.55. The summed E-state index contributed by atoms with van der Waals surface area (Å²) in [6.45, 7) is 2.42. The van der Waals surface area contributed by atoms with Crippen LogP contribution in [0.15, 0.2) is 28.7 Å². The number of anilines is 1. The van der Waals surface area contributed by atoms with E-state index in [0.29, 0.717) is 24.5 Å². The molecule has 1 aromatic rings. The second-order valence-corrected chi connectivity index (χ2v) is 6.85. The Bertz CT molecular complexity index is 581. The van der Waals surface area contributed by atoms with Gasteiger partial charge in [-0.1, -0.05) is 15.9 Å². The molecule has 1 amide bonds. The van der Waals surface area contributed by atoms with Crippen molar-refractivity contribution in [3.05, 3.63) is 28.7 Å². The van der Waals surface area contributed by atoms with Gasteiger partial charge in [-0.25, -0.2) is 4.79 Å². The highest BCUT2D eigenvalue weighted by atomic mass is 79.9. The van der Waals surface area contributed by atoms with Crippen molar-refractivity contribution in [2.45, 2.75) is 18.9 Å². The summed E-state index contributed by atoms with van der Waals surface area (Å²) in [5.74, 6) is 3.84. The number of benzene rings is 1. The van der Waals surface area contributed by atoms with Crippen LogP contribution in [0.3, 0.4) is 0 Å². The summed E-state index contributed by atoms with van der Waals surface area (Å²) < 4.78 is 6.35. The summed E-state index contributed by atoms with van der Waals surface area (Å²) in [7, 11) is 0. The lowest BCUT2D eigenvalue weighted by Gasteiger charge is -2.48. The molecule has 0 saturated carbocycles. The van der Waals surface area contributed by atoms with Crippen molar-refractivity contribution in [1.29, 1.82) is 0 Å². The van der Waals surface area contributed by atoms with Crippen LogP contribution in [0.5, 0.6) is 0 Å². The molecule has 22 heavy (non-hydrogen) atoms. The first-order valence-corrected chi connectivity index (χ1v) is 8.34. The Morgan fingerprint density at radius 1 is 1.45 bits per heavy atom. The quantitative estimate of drug-likeness (QED) is 0.838. The molecule has 3 saturated heterocycles. The number of fused-ring (bicyclic) bond motifs is 3. The molecule has 1 unspecified atom stereocenters. The van der Waals surface area contributed by atoms with Gasteiger partial charge in [0.25, 0.3) is 0 Å². The highest BCUT2D eigenvalue weighted by Crippen LogP contribution is 2.35. The predicted molar refractivity (Wildman–Crippen MR) is 89.5 cm³/mol. The van der Waals surface area contributed by atoms with Gasteiger partial charge in [-0.05, 0) is 49.6 Å². The minimum Gasteiger partial charge on any atom is -0.448 e. The third-order valence-electron chi connectivity index (χ3n) is 4.59. The molecule has 0 radical (unpaired) electrons. The zero-order chi connectivity index (χ0) is 15.5. The van der Waals surface area contributed by atoms with Gasteiger partial charge < -0.3 is 4.74 Å². The summed E-state index contributed by atoms with van der Waals surface area (Å²) in [5.41, 5.74) is 0.728. The maximum absolute atomic E-state index is 11.9. The van der Waals surface area contributed by atoms with Crippen molar-refractivity contribution >= 4 is 27.7 Å². The number of hydrogen-bond donors (Lipinski definition) is 1. The van der Waals surface area contributed by atoms with E-state index in [-0.39, 0.29) is 0 Å². The first-order valence-electron chi connectivity index (χ1n) is 7.55. The normalized spacial score (nSPS) is 29.6. The van der Waals surface area contributed by atoms with Crippen LogP contribution in [0.4, 0.5) is 10.5 Å². The van der Waals surface area contributed by atoms with E-state index in [1.807, 2.05) is 24.3 Å². The number of halogens is 1. The van der Waals surface area contributed by atoms with Gasteiger partial charge in [-0.2, -0.15) is 0 Å². The van der Waals surface area contributed by atoms with Crippen LogP contribution in [-0.2, 0) is 4.74 Å². The van der Waals surface area contributed by atoms with E-state index < -0.39 is 6.09 Å². The molecule has 0 aromatic heterocycles. The van der Waals surface area contributed by atoms with Gasteiger partial charge in [0.1, 0.15) is 6.61 Å². The van der Waals surface area contributed by atoms with Crippen LogP contribution in [-0.4, -0.2) is 36.7 Å². The summed E-state index contributed by atoms with van der Waals surface area (Å²) in [6.07, 6.45) is 7.37. The minimum atomic E-state index is -0.404. The monoisotopic (exact) mass is 362 g/mol. The fourth-order valence-electron chi connectivity index (χ4n) is 3.36. The van der Waals surface area contributed by atoms with Crippen LogP contribution in [0.2, 0.25) is 0 Å². The summed E-state index contributed by atoms with van der Waals surface area (Å²) in [5, 5.41) is 2.74. The number of rotatable bonds is 3. The smallest absolute Gasteiger partial charge is 0.411 e. The van der Waals surface area contributed by atoms with E-state index in [2.05, 4.69) is 32.1 Å². The number of carbonyl (C=O) groups excluding carboxylic acids is 1. The molecular weight excluding hydrogens is 344 g/mol. The van der Waals surface area contributed by atoms with Gasteiger partial charge >= 0.3 is 6.09 Å². The first-order chi connectivity index (χ1) is 10.7. The molecule has 1 aromatic carbocycles. The van der Waals surface area contributed by atoms with Crippen molar-refractivity contribution in [3.63, 3.8) is 0 Å². The lowest BCUT2D eigenvalue weighted by molar-refractivity contribution is -0.00665. The van der Waals surface area contributed by atoms with Gasteiger partial charge in [0, 0.05) is 28.7 Å².